The molecule has 2 heteroatoms. The number of hydrogen-bond donors (Lipinski definition) is 1. The number of thiol groups is 1. The Labute approximate surface area is 94.7 Å². The third-order valence-electron chi connectivity index (χ3n) is 3.37. The van der Waals surface area contributed by atoms with Gasteiger partial charge in [-0.3, -0.25) is 0 Å². The van der Waals surface area contributed by atoms with Crippen LogP contribution in [-0.2, 0) is 0 Å². The van der Waals surface area contributed by atoms with Gasteiger partial charge in [-0.05, 0) is 45.0 Å². The summed E-state index contributed by atoms with van der Waals surface area (Å²) in [6, 6.07) is 0.889. The Balaban J connectivity index is 2.04. The molecule has 0 aromatic carbocycles. The Morgan fingerprint density at radius 1 is 1.07 bits per heavy atom. The van der Waals surface area contributed by atoms with Crippen molar-refractivity contribution in [1.29, 1.82) is 0 Å². The zero-order chi connectivity index (χ0) is 10.2. The first kappa shape index (κ1) is 12.4. The third kappa shape index (κ3) is 4.70. The van der Waals surface area contributed by atoms with Crippen molar-refractivity contribution in [3.05, 3.63) is 0 Å². The molecule has 1 nitrogen and oxygen atoms in total. The minimum Gasteiger partial charge on any atom is -0.303 e. The minimum atomic E-state index is 0.889. The van der Waals surface area contributed by atoms with E-state index in [-0.39, 0.29) is 0 Å². The maximum absolute atomic E-state index is 4.23. The summed E-state index contributed by atoms with van der Waals surface area (Å²) in [5, 5.41) is 0. The molecule has 14 heavy (non-hydrogen) atoms. The quantitative estimate of drug-likeness (QED) is 0.525. The molecule has 1 aliphatic rings. The van der Waals surface area contributed by atoms with Crippen LogP contribution in [0.25, 0.3) is 0 Å². The van der Waals surface area contributed by atoms with Gasteiger partial charge < -0.3 is 4.90 Å². The second-order valence-electron chi connectivity index (χ2n) is 4.56. The van der Waals surface area contributed by atoms with Crippen LogP contribution >= 0.6 is 12.6 Å². The molecular weight excluding hydrogens is 190 g/mol. The smallest absolute Gasteiger partial charge is 0.00922 e. The molecule has 1 saturated carbocycles. The van der Waals surface area contributed by atoms with Gasteiger partial charge in [0, 0.05) is 6.04 Å². The van der Waals surface area contributed by atoms with Crippen molar-refractivity contribution in [3.8, 4) is 0 Å². The Kier molecular flexibility index (Phi) is 6.70. The van der Waals surface area contributed by atoms with Crippen molar-refractivity contribution >= 4 is 12.6 Å². The van der Waals surface area contributed by atoms with Crippen molar-refractivity contribution < 1.29 is 0 Å². The highest BCUT2D eigenvalue weighted by molar-refractivity contribution is 7.80. The molecule has 0 spiro atoms. The van der Waals surface area contributed by atoms with Crippen molar-refractivity contribution in [2.75, 3.05) is 19.3 Å². The summed E-state index contributed by atoms with van der Waals surface area (Å²) >= 11 is 4.23. The molecule has 84 valence electrons. The van der Waals surface area contributed by atoms with Crippen LogP contribution < -0.4 is 0 Å². The van der Waals surface area contributed by atoms with Crippen molar-refractivity contribution in [1.82, 2.24) is 4.90 Å². The van der Waals surface area contributed by atoms with E-state index in [1.807, 2.05) is 0 Å². The predicted octanol–water partition coefficient (Wildman–Crippen LogP) is 3.35. The average molecular weight is 215 g/mol. The molecule has 0 saturated heterocycles. The van der Waals surface area contributed by atoms with E-state index in [1.54, 1.807) is 0 Å². The van der Waals surface area contributed by atoms with Crippen LogP contribution in [0.4, 0.5) is 0 Å². The Hall–Kier alpha value is 0.310. The largest absolute Gasteiger partial charge is 0.303 e. The second-order valence-corrected chi connectivity index (χ2v) is 5.00. The van der Waals surface area contributed by atoms with E-state index in [1.165, 1.54) is 57.9 Å². The average Bonchev–Trinajstić information content (AvgIpc) is 2.25. The first-order valence-corrected chi connectivity index (χ1v) is 6.79. The standard InChI is InChI=1S/C12H25NS/c1-13(10-6-3-7-11-14)12-8-4-2-5-9-12/h12,14H,2-11H2,1H3. The van der Waals surface area contributed by atoms with Gasteiger partial charge in [-0.25, -0.2) is 0 Å². The number of rotatable bonds is 6. The second kappa shape index (κ2) is 7.58. The summed E-state index contributed by atoms with van der Waals surface area (Å²) in [7, 11) is 2.30. The molecule has 0 aliphatic heterocycles. The number of unbranched alkanes of at least 4 members (excludes halogenated alkanes) is 2. The lowest BCUT2D eigenvalue weighted by Gasteiger charge is -2.31. The molecule has 0 amide bonds. The van der Waals surface area contributed by atoms with Crippen molar-refractivity contribution in [3.63, 3.8) is 0 Å². The van der Waals surface area contributed by atoms with Gasteiger partial charge in [-0.2, -0.15) is 12.6 Å². The molecular formula is C12H25NS. The fraction of sp³-hybridized carbons (Fsp3) is 1.00. The van der Waals surface area contributed by atoms with Gasteiger partial charge in [0.1, 0.15) is 0 Å². The molecule has 0 atom stereocenters. The molecule has 0 N–H and O–H groups in total. The molecule has 1 aliphatic carbocycles. The van der Waals surface area contributed by atoms with E-state index in [9.17, 15) is 0 Å². The SMILES string of the molecule is CN(CCCCCS)C1CCCCC1. The Morgan fingerprint density at radius 2 is 1.79 bits per heavy atom. The summed E-state index contributed by atoms with van der Waals surface area (Å²) in [5.74, 6) is 1.05. The Bertz CT molecular complexity index is 132. The summed E-state index contributed by atoms with van der Waals surface area (Å²) in [4.78, 5) is 2.58. The van der Waals surface area contributed by atoms with Crippen LogP contribution in [-0.4, -0.2) is 30.3 Å². The van der Waals surface area contributed by atoms with E-state index in [4.69, 9.17) is 0 Å². The normalized spacial score (nSPS) is 19.1. The van der Waals surface area contributed by atoms with Crippen LogP contribution in [0.1, 0.15) is 51.4 Å². The van der Waals surface area contributed by atoms with Gasteiger partial charge in [-0.1, -0.05) is 25.7 Å². The van der Waals surface area contributed by atoms with Gasteiger partial charge in [-0.15, -0.1) is 0 Å². The topological polar surface area (TPSA) is 3.24 Å². The monoisotopic (exact) mass is 215 g/mol. The van der Waals surface area contributed by atoms with Gasteiger partial charge in [0.2, 0.25) is 0 Å². The molecule has 0 aromatic rings. The highest BCUT2D eigenvalue weighted by atomic mass is 32.1. The first-order chi connectivity index (χ1) is 6.84. The van der Waals surface area contributed by atoms with Gasteiger partial charge in [0.15, 0.2) is 0 Å². The fourth-order valence-corrected chi connectivity index (χ4v) is 2.58. The van der Waals surface area contributed by atoms with Crippen LogP contribution in [0, 0.1) is 0 Å². The molecule has 0 aromatic heterocycles. The highest BCUT2D eigenvalue weighted by Crippen LogP contribution is 2.21. The zero-order valence-corrected chi connectivity index (χ0v) is 10.4. The van der Waals surface area contributed by atoms with E-state index in [2.05, 4.69) is 24.6 Å². The van der Waals surface area contributed by atoms with E-state index in [0.717, 1.165) is 11.8 Å². The van der Waals surface area contributed by atoms with Crippen molar-refractivity contribution in [2.24, 2.45) is 0 Å². The van der Waals surface area contributed by atoms with Crippen molar-refractivity contribution in [2.45, 2.75) is 57.4 Å². The lowest BCUT2D eigenvalue weighted by molar-refractivity contribution is 0.189. The van der Waals surface area contributed by atoms with Crippen LogP contribution in [0.2, 0.25) is 0 Å². The molecule has 1 rings (SSSR count). The van der Waals surface area contributed by atoms with E-state index in [0.29, 0.717) is 0 Å². The fourth-order valence-electron chi connectivity index (χ4n) is 2.35. The molecule has 0 radical (unpaired) electrons. The summed E-state index contributed by atoms with van der Waals surface area (Å²) in [5.41, 5.74) is 0. The third-order valence-corrected chi connectivity index (χ3v) is 3.68. The zero-order valence-electron chi connectivity index (χ0n) is 9.54. The molecule has 0 unspecified atom stereocenters. The minimum absolute atomic E-state index is 0.889. The Morgan fingerprint density at radius 3 is 2.43 bits per heavy atom. The summed E-state index contributed by atoms with van der Waals surface area (Å²) in [6.07, 6.45) is 11.2. The summed E-state index contributed by atoms with van der Waals surface area (Å²) < 4.78 is 0. The first-order valence-electron chi connectivity index (χ1n) is 6.15. The number of hydrogen-bond acceptors (Lipinski definition) is 2. The van der Waals surface area contributed by atoms with Gasteiger partial charge in [0.05, 0.1) is 0 Å². The number of nitrogens with zero attached hydrogens (tertiary/aromatic N) is 1. The maximum atomic E-state index is 4.23. The van der Waals surface area contributed by atoms with Crippen LogP contribution in [0.15, 0.2) is 0 Å². The van der Waals surface area contributed by atoms with Crippen LogP contribution in [0.3, 0.4) is 0 Å². The molecule has 0 heterocycles. The van der Waals surface area contributed by atoms with E-state index >= 15 is 0 Å². The highest BCUT2D eigenvalue weighted by Gasteiger charge is 2.16. The van der Waals surface area contributed by atoms with Gasteiger partial charge in [0.25, 0.3) is 0 Å². The molecule has 0 bridgehead atoms. The molecule has 1 fully saturated rings. The predicted molar refractivity (Wildman–Crippen MR) is 67.2 cm³/mol. The van der Waals surface area contributed by atoms with Gasteiger partial charge >= 0.3 is 0 Å². The van der Waals surface area contributed by atoms with E-state index < -0.39 is 0 Å². The lowest BCUT2D eigenvalue weighted by atomic mass is 9.94. The lowest BCUT2D eigenvalue weighted by Crippen LogP contribution is -2.34. The summed E-state index contributed by atoms with van der Waals surface area (Å²) in [6.45, 7) is 1.29. The van der Waals surface area contributed by atoms with Crippen LogP contribution in [0.5, 0.6) is 0 Å². The maximum Gasteiger partial charge on any atom is 0.00922 e.